The summed E-state index contributed by atoms with van der Waals surface area (Å²) in [5.41, 5.74) is 3.19. The lowest BCUT2D eigenvalue weighted by molar-refractivity contribution is -0.0230. The summed E-state index contributed by atoms with van der Waals surface area (Å²) >= 11 is 0. The van der Waals surface area contributed by atoms with Gasteiger partial charge in [-0.05, 0) is 75.4 Å². The third kappa shape index (κ3) is 3.70. The zero-order valence-electron chi connectivity index (χ0n) is 19.4. The summed E-state index contributed by atoms with van der Waals surface area (Å²) in [5.74, 6) is 1.79. The van der Waals surface area contributed by atoms with Gasteiger partial charge in [0, 0.05) is 56.4 Å². The minimum absolute atomic E-state index is 0.241. The molecule has 1 N–H and O–H groups in total. The predicted octanol–water partition coefficient (Wildman–Crippen LogP) is 3.28. The molecule has 3 fully saturated rings. The van der Waals surface area contributed by atoms with Crippen LogP contribution in [0.25, 0.3) is 10.9 Å². The zero-order valence-corrected chi connectivity index (χ0v) is 19.4. The van der Waals surface area contributed by atoms with E-state index in [0.29, 0.717) is 36.9 Å². The first-order valence-electron chi connectivity index (χ1n) is 11.9. The molecular weight excluding hydrogens is 406 g/mol. The van der Waals surface area contributed by atoms with E-state index in [4.69, 9.17) is 9.47 Å². The number of hydrogen-bond acceptors (Lipinski definition) is 6. The van der Waals surface area contributed by atoms with Gasteiger partial charge in [0.05, 0.1) is 5.52 Å². The number of fused-ring (bicyclic) bond motifs is 4. The van der Waals surface area contributed by atoms with E-state index in [-0.39, 0.29) is 11.8 Å². The second kappa shape index (κ2) is 8.69. The second-order valence-electron chi connectivity index (χ2n) is 10.0. The fourth-order valence-electron chi connectivity index (χ4n) is 6.57. The van der Waals surface area contributed by atoms with E-state index in [2.05, 4.69) is 4.90 Å². The number of aromatic hydroxyl groups is 1. The van der Waals surface area contributed by atoms with Gasteiger partial charge >= 0.3 is 6.09 Å². The number of piperidine rings is 2. The van der Waals surface area contributed by atoms with Gasteiger partial charge in [0.25, 0.3) is 0 Å². The summed E-state index contributed by atoms with van der Waals surface area (Å²) in [6, 6.07) is 5.80. The van der Waals surface area contributed by atoms with Crippen molar-refractivity contribution in [3.8, 4) is 5.75 Å². The average molecular weight is 442 g/mol. The summed E-state index contributed by atoms with van der Waals surface area (Å²) in [5, 5.41) is 11.2. The summed E-state index contributed by atoms with van der Waals surface area (Å²) in [6.07, 6.45) is 4.03. The molecule has 1 aromatic heterocycles. The highest BCUT2D eigenvalue weighted by Crippen LogP contribution is 2.52. The van der Waals surface area contributed by atoms with Crippen LogP contribution in [0.15, 0.2) is 18.2 Å². The molecule has 3 aliphatic heterocycles. The molecule has 4 aliphatic rings. The topological polar surface area (TPSA) is 67.2 Å². The third-order valence-electron chi connectivity index (χ3n) is 7.77. The van der Waals surface area contributed by atoms with Crippen molar-refractivity contribution < 1.29 is 19.4 Å². The van der Waals surface area contributed by atoms with Crippen LogP contribution in [-0.4, -0.2) is 85.7 Å². The van der Waals surface area contributed by atoms with E-state index in [1.807, 2.05) is 35.7 Å². The Balaban J connectivity index is 1.59. The fourth-order valence-corrected chi connectivity index (χ4v) is 6.57. The van der Waals surface area contributed by atoms with Crippen LogP contribution in [0.1, 0.15) is 36.4 Å². The lowest BCUT2D eigenvalue weighted by Gasteiger charge is -2.53. The number of ether oxygens (including phenoxy) is 2. The number of rotatable bonds is 6. The SMILES string of the molecule is COCCC1CC2CC3c4c(c5cc(O)ccc5n4C(=O)OCCN(C)C)CCN(C2)C13. The Morgan fingerprint density at radius 1 is 1.25 bits per heavy atom. The fraction of sp³-hybridized carbons (Fsp3) is 0.640. The first-order valence-corrected chi connectivity index (χ1v) is 11.9. The monoisotopic (exact) mass is 441 g/mol. The maximum absolute atomic E-state index is 13.4. The Bertz CT molecular complexity index is 1000. The number of phenolic OH excluding ortho intramolecular Hbond substituents is 1. The van der Waals surface area contributed by atoms with Crippen molar-refractivity contribution in [3.05, 3.63) is 29.5 Å². The molecule has 4 bridgehead atoms. The van der Waals surface area contributed by atoms with Gasteiger partial charge in [0.1, 0.15) is 12.4 Å². The normalized spacial score (nSPS) is 28.7. The van der Waals surface area contributed by atoms with Crippen LogP contribution in [0.3, 0.4) is 0 Å². The quantitative estimate of drug-likeness (QED) is 0.742. The Labute approximate surface area is 189 Å². The number of nitrogens with zero attached hydrogens (tertiary/aromatic N) is 3. The minimum Gasteiger partial charge on any atom is -0.508 e. The van der Waals surface area contributed by atoms with Crippen molar-refractivity contribution in [3.63, 3.8) is 0 Å². The van der Waals surface area contributed by atoms with E-state index in [0.717, 1.165) is 55.6 Å². The first-order chi connectivity index (χ1) is 15.5. The summed E-state index contributed by atoms with van der Waals surface area (Å²) in [6.45, 7) is 3.99. The van der Waals surface area contributed by atoms with Gasteiger partial charge in [0.15, 0.2) is 0 Å². The van der Waals surface area contributed by atoms with Gasteiger partial charge in [-0.25, -0.2) is 9.36 Å². The molecule has 7 heteroatoms. The highest BCUT2D eigenvalue weighted by atomic mass is 16.5. The molecule has 2 aromatic rings. The maximum atomic E-state index is 13.4. The van der Waals surface area contributed by atoms with Crippen molar-refractivity contribution in [1.82, 2.24) is 14.4 Å². The van der Waals surface area contributed by atoms with E-state index in [1.54, 1.807) is 13.2 Å². The van der Waals surface area contributed by atoms with Crippen LogP contribution in [0.2, 0.25) is 0 Å². The highest BCUT2D eigenvalue weighted by molar-refractivity contribution is 5.95. The van der Waals surface area contributed by atoms with Gasteiger partial charge in [-0.2, -0.15) is 0 Å². The van der Waals surface area contributed by atoms with Crippen LogP contribution in [0.5, 0.6) is 5.75 Å². The predicted molar refractivity (Wildman–Crippen MR) is 123 cm³/mol. The Kier molecular flexibility index (Phi) is 5.90. The van der Waals surface area contributed by atoms with Gasteiger partial charge < -0.3 is 19.5 Å². The molecule has 1 aliphatic carbocycles. The largest absolute Gasteiger partial charge is 0.508 e. The number of hydrogen-bond donors (Lipinski definition) is 1. The Hall–Kier alpha value is -2.09. The number of methoxy groups -OCH3 is 1. The second-order valence-corrected chi connectivity index (χ2v) is 10.0. The van der Waals surface area contributed by atoms with Crippen molar-refractivity contribution >= 4 is 17.0 Å². The van der Waals surface area contributed by atoms with Crippen molar-refractivity contribution in [1.29, 1.82) is 0 Å². The molecule has 0 radical (unpaired) electrons. The first kappa shape index (κ1) is 21.7. The van der Waals surface area contributed by atoms with Crippen molar-refractivity contribution in [2.75, 3.05) is 54.1 Å². The van der Waals surface area contributed by atoms with Gasteiger partial charge in [-0.1, -0.05) is 0 Å². The molecule has 0 spiro atoms. The molecule has 7 nitrogen and oxygen atoms in total. The molecule has 1 saturated carbocycles. The van der Waals surface area contributed by atoms with Gasteiger partial charge in [-0.3, -0.25) is 4.90 Å². The van der Waals surface area contributed by atoms with E-state index < -0.39 is 0 Å². The van der Waals surface area contributed by atoms with Crippen LogP contribution in [0, 0.1) is 11.8 Å². The van der Waals surface area contributed by atoms with Crippen molar-refractivity contribution in [2.45, 2.75) is 37.6 Å². The lowest BCUT2D eigenvalue weighted by atomic mass is 9.65. The van der Waals surface area contributed by atoms with E-state index in [9.17, 15) is 9.90 Å². The summed E-state index contributed by atoms with van der Waals surface area (Å²) in [7, 11) is 5.73. The van der Waals surface area contributed by atoms with Gasteiger partial charge in [-0.15, -0.1) is 0 Å². The van der Waals surface area contributed by atoms with Crippen LogP contribution >= 0.6 is 0 Å². The average Bonchev–Trinajstić information content (AvgIpc) is 3.03. The summed E-state index contributed by atoms with van der Waals surface area (Å²) < 4.78 is 13.0. The highest BCUT2D eigenvalue weighted by Gasteiger charge is 2.50. The Morgan fingerprint density at radius 3 is 2.88 bits per heavy atom. The smallest absolute Gasteiger partial charge is 0.418 e. The number of benzene rings is 1. The summed E-state index contributed by atoms with van der Waals surface area (Å²) in [4.78, 5) is 18.1. The van der Waals surface area contributed by atoms with Crippen LogP contribution < -0.4 is 0 Å². The van der Waals surface area contributed by atoms with Crippen LogP contribution in [-0.2, 0) is 15.9 Å². The number of likely N-dealkylation sites (N-methyl/N-ethyl adjacent to an activating group) is 1. The molecule has 2 saturated heterocycles. The lowest BCUT2D eigenvalue weighted by Crippen LogP contribution is -2.56. The third-order valence-corrected chi connectivity index (χ3v) is 7.77. The number of carbonyl (C=O) groups excluding carboxylic acids is 1. The molecule has 0 amide bonds. The number of carbonyl (C=O) groups is 1. The minimum atomic E-state index is -0.299. The molecular formula is C25H35N3O4. The molecule has 1 aromatic carbocycles. The molecule has 32 heavy (non-hydrogen) atoms. The number of aromatic nitrogens is 1. The van der Waals surface area contributed by atoms with E-state index >= 15 is 0 Å². The Morgan fingerprint density at radius 2 is 2.09 bits per heavy atom. The number of phenols is 1. The van der Waals surface area contributed by atoms with Crippen LogP contribution in [0.4, 0.5) is 4.79 Å². The maximum Gasteiger partial charge on any atom is 0.418 e. The van der Waals surface area contributed by atoms with Crippen molar-refractivity contribution in [2.24, 2.45) is 11.8 Å². The molecule has 5 unspecified atom stereocenters. The molecule has 4 heterocycles. The molecule has 174 valence electrons. The van der Waals surface area contributed by atoms with Gasteiger partial charge in [0.2, 0.25) is 0 Å². The molecule has 5 atom stereocenters. The van der Waals surface area contributed by atoms with E-state index in [1.165, 1.54) is 12.0 Å². The molecule has 6 rings (SSSR count). The zero-order chi connectivity index (χ0) is 22.4. The standard InChI is InChI=1S/C25H35N3O4/c1-26(2)9-11-32-25(30)28-22-5-4-18(29)14-20(22)19-6-8-27-15-16-12-17(7-10-31-3)23(27)21(13-16)24(19)28/h4-5,14,16-17,21,23,29H,6-13,15H2,1-3H3.